The minimum absolute atomic E-state index is 0.141. The average molecular weight is 531 g/mol. The molecule has 0 aromatic heterocycles. The Bertz CT molecular complexity index is 1810. The van der Waals surface area contributed by atoms with Crippen LogP contribution in [0.3, 0.4) is 0 Å². The molecule has 0 atom stereocenters. The maximum atomic E-state index is 15.7. The van der Waals surface area contributed by atoms with E-state index in [0.29, 0.717) is 33.0 Å². The van der Waals surface area contributed by atoms with E-state index < -0.39 is 7.14 Å². The first-order valence-corrected chi connectivity index (χ1v) is 14.4. The van der Waals surface area contributed by atoms with E-state index >= 15 is 4.57 Å². The van der Waals surface area contributed by atoms with E-state index in [-0.39, 0.29) is 5.75 Å². The minimum atomic E-state index is -3.46. The minimum Gasteiger partial charge on any atom is -0.507 e. The quantitative estimate of drug-likeness (QED) is 0.235. The van der Waals surface area contributed by atoms with Crippen molar-refractivity contribution >= 4 is 44.6 Å². The van der Waals surface area contributed by atoms with Gasteiger partial charge in [0.1, 0.15) is 17.2 Å². The van der Waals surface area contributed by atoms with Gasteiger partial charge in [0.2, 0.25) is 0 Å². The molecule has 0 fully saturated rings. The zero-order valence-electron chi connectivity index (χ0n) is 21.7. The molecule has 0 spiro atoms. The zero-order chi connectivity index (χ0) is 27.0. The van der Waals surface area contributed by atoms with E-state index in [0.717, 1.165) is 27.1 Å². The van der Waals surface area contributed by atoms with Crippen molar-refractivity contribution in [3.63, 3.8) is 0 Å². The normalized spacial score (nSPS) is 11.5. The summed E-state index contributed by atoms with van der Waals surface area (Å²) in [5.41, 5.74) is 1.43. The zero-order valence-corrected chi connectivity index (χ0v) is 22.6. The van der Waals surface area contributed by atoms with Crippen LogP contribution in [0.5, 0.6) is 17.2 Å². The molecule has 0 radical (unpaired) electrons. The van der Waals surface area contributed by atoms with E-state index in [2.05, 4.69) is 0 Å². The summed E-state index contributed by atoms with van der Waals surface area (Å²) in [6.45, 7) is 0. The van der Waals surface area contributed by atoms with Gasteiger partial charge < -0.3 is 19.1 Å². The van der Waals surface area contributed by atoms with E-state index in [1.54, 1.807) is 20.3 Å². The number of hydrogen-bond acceptors (Lipinski definition) is 4. The fourth-order valence-electron chi connectivity index (χ4n) is 5.32. The lowest BCUT2D eigenvalue weighted by molar-refractivity contribution is 0.415. The summed E-state index contributed by atoms with van der Waals surface area (Å²) in [4.78, 5) is 0. The number of phenols is 1. The van der Waals surface area contributed by atoms with Gasteiger partial charge in [-0.1, -0.05) is 60.7 Å². The number of ether oxygens (including phenoxy) is 2. The standard InChI is InChI=1S/C34H27O4P/c1-37-25-13-17-27(18-14-25)39(36,28-19-15-26(38-2)16-20-28)32-22-12-24-8-4-6-10-30(24)34(32)33-29-9-5-3-7-23(29)11-21-31(33)35/h3-22,35H,1-2H3. The van der Waals surface area contributed by atoms with E-state index in [4.69, 9.17) is 9.47 Å². The van der Waals surface area contributed by atoms with Crippen LogP contribution in [-0.4, -0.2) is 19.3 Å². The maximum absolute atomic E-state index is 15.7. The highest BCUT2D eigenvalue weighted by molar-refractivity contribution is 7.85. The van der Waals surface area contributed by atoms with Gasteiger partial charge in [0, 0.05) is 27.0 Å². The summed E-state index contributed by atoms with van der Waals surface area (Å²) in [5, 5.41) is 17.2. The van der Waals surface area contributed by atoms with Crippen LogP contribution >= 0.6 is 7.14 Å². The molecule has 6 aromatic rings. The second kappa shape index (κ2) is 9.98. The lowest BCUT2D eigenvalue weighted by Crippen LogP contribution is -2.26. The van der Waals surface area contributed by atoms with Crippen molar-refractivity contribution in [1.82, 2.24) is 0 Å². The molecular weight excluding hydrogens is 503 g/mol. The number of aromatic hydroxyl groups is 1. The van der Waals surface area contributed by atoms with Crippen LogP contribution in [0.4, 0.5) is 0 Å². The highest BCUT2D eigenvalue weighted by Gasteiger charge is 2.34. The van der Waals surface area contributed by atoms with Crippen LogP contribution in [0.1, 0.15) is 0 Å². The molecule has 0 heterocycles. The third kappa shape index (κ3) is 4.14. The van der Waals surface area contributed by atoms with E-state index in [9.17, 15) is 5.11 Å². The van der Waals surface area contributed by atoms with Gasteiger partial charge in [0.25, 0.3) is 0 Å². The first-order valence-electron chi connectivity index (χ1n) is 12.7. The van der Waals surface area contributed by atoms with Crippen molar-refractivity contribution in [2.24, 2.45) is 0 Å². The number of fused-ring (bicyclic) bond motifs is 2. The Labute approximate surface area is 227 Å². The molecule has 6 aromatic carbocycles. The van der Waals surface area contributed by atoms with Crippen LogP contribution in [-0.2, 0) is 4.57 Å². The maximum Gasteiger partial charge on any atom is 0.171 e. The first-order chi connectivity index (χ1) is 19.0. The van der Waals surface area contributed by atoms with Gasteiger partial charge in [-0.25, -0.2) is 0 Å². The number of methoxy groups -OCH3 is 2. The van der Waals surface area contributed by atoms with Gasteiger partial charge in [-0.2, -0.15) is 0 Å². The van der Waals surface area contributed by atoms with Crippen molar-refractivity contribution in [3.8, 4) is 28.4 Å². The second-order valence-corrected chi connectivity index (χ2v) is 12.1. The van der Waals surface area contributed by atoms with Crippen molar-refractivity contribution < 1.29 is 19.1 Å². The molecule has 0 aliphatic rings. The van der Waals surface area contributed by atoms with Crippen LogP contribution in [0.15, 0.2) is 121 Å². The Morgan fingerprint density at radius 3 is 1.51 bits per heavy atom. The Hall–Kier alpha value is -4.53. The summed E-state index contributed by atoms with van der Waals surface area (Å²) in [5.74, 6) is 1.51. The molecule has 0 saturated heterocycles. The molecule has 5 heteroatoms. The molecule has 0 aliphatic carbocycles. The summed E-state index contributed by atoms with van der Waals surface area (Å²) in [6, 6.07) is 38.4. The lowest BCUT2D eigenvalue weighted by Gasteiger charge is -2.25. The molecule has 192 valence electrons. The van der Waals surface area contributed by atoms with Gasteiger partial charge in [-0.15, -0.1) is 0 Å². The van der Waals surface area contributed by atoms with Crippen LogP contribution in [0, 0.1) is 0 Å². The number of hydrogen-bond donors (Lipinski definition) is 1. The van der Waals surface area contributed by atoms with Crippen molar-refractivity contribution in [1.29, 1.82) is 0 Å². The van der Waals surface area contributed by atoms with Gasteiger partial charge in [-0.05, 0) is 82.2 Å². The second-order valence-electron chi connectivity index (χ2n) is 9.37. The topological polar surface area (TPSA) is 55.8 Å². The fourth-order valence-corrected chi connectivity index (χ4v) is 8.14. The van der Waals surface area contributed by atoms with Crippen LogP contribution < -0.4 is 25.4 Å². The van der Waals surface area contributed by atoms with Gasteiger partial charge in [-0.3, -0.25) is 0 Å². The molecule has 0 amide bonds. The summed E-state index contributed by atoms with van der Waals surface area (Å²) in [7, 11) is -0.237. The van der Waals surface area contributed by atoms with Crippen LogP contribution in [0.2, 0.25) is 0 Å². The van der Waals surface area contributed by atoms with Gasteiger partial charge in [0.05, 0.1) is 14.2 Å². The smallest absolute Gasteiger partial charge is 0.171 e. The summed E-state index contributed by atoms with van der Waals surface area (Å²) >= 11 is 0. The molecule has 6 rings (SSSR count). The molecule has 4 nitrogen and oxygen atoms in total. The highest BCUT2D eigenvalue weighted by atomic mass is 31.2. The van der Waals surface area contributed by atoms with Crippen molar-refractivity contribution in [2.45, 2.75) is 0 Å². The Kier molecular flexibility index (Phi) is 6.34. The highest BCUT2D eigenvalue weighted by Crippen LogP contribution is 2.49. The monoisotopic (exact) mass is 530 g/mol. The molecule has 1 N–H and O–H groups in total. The fraction of sp³-hybridized carbons (Fsp3) is 0.0588. The SMILES string of the molecule is COc1ccc(P(=O)(c2ccc(OC)cc2)c2ccc3ccccc3c2-c2c(O)ccc3ccccc23)cc1. The van der Waals surface area contributed by atoms with Gasteiger partial charge in [0.15, 0.2) is 7.14 Å². The molecule has 0 aliphatic heterocycles. The Morgan fingerprint density at radius 2 is 1.00 bits per heavy atom. The van der Waals surface area contributed by atoms with E-state index in [1.807, 2.05) is 115 Å². The molecule has 0 saturated carbocycles. The Morgan fingerprint density at radius 1 is 0.538 bits per heavy atom. The number of phenolic OH excluding ortho intramolecular Hbond substituents is 1. The predicted octanol–water partition coefficient (Wildman–Crippen LogP) is 7.02. The predicted molar refractivity (Wildman–Crippen MR) is 161 cm³/mol. The lowest BCUT2D eigenvalue weighted by atomic mass is 9.93. The Balaban J connectivity index is 1.76. The molecule has 39 heavy (non-hydrogen) atoms. The van der Waals surface area contributed by atoms with E-state index in [1.165, 1.54) is 0 Å². The first kappa shape index (κ1) is 24.8. The summed E-state index contributed by atoms with van der Waals surface area (Å²) in [6.07, 6.45) is 0. The van der Waals surface area contributed by atoms with Crippen molar-refractivity contribution in [3.05, 3.63) is 121 Å². The van der Waals surface area contributed by atoms with Crippen molar-refractivity contribution in [2.75, 3.05) is 14.2 Å². The van der Waals surface area contributed by atoms with Gasteiger partial charge >= 0.3 is 0 Å². The third-order valence-corrected chi connectivity index (χ3v) is 10.4. The largest absolute Gasteiger partial charge is 0.507 e. The third-order valence-electron chi connectivity index (χ3n) is 7.28. The number of rotatable bonds is 6. The molecular formula is C34H27O4P. The average Bonchev–Trinajstić information content (AvgIpc) is 3.00. The molecule has 0 unspecified atom stereocenters. The molecule has 0 bridgehead atoms. The number of benzene rings is 6. The van der Waals surface area contributed by atoms with Crippen LogP contribution in [0.25, 0.3) is 32.7 Å². The summed E-state index contributed by atoms with van der Waals surface area (Å²) < 4.78 is 26.5.